The number of nitrogens with one attached hydrogen (secondary N) is 1. The predicted octanol–water partition coefficient (Wildman–Crippen LogP) is 4.48. The van der Waals surface area contributed by atoms with E-state index in [2.05, 4.69) is 24.2 Å². The molecular weight excluding hydrogens is 243 g/mol. The Kier molecular flexibility index (Phi) is 5.10. The Morgan fingerprint density at radius 1 is 1.38 bits per heavy atom. The van der Waals surface area contributed by atoms with Gasteiger partial charge in [0.1, 0.15) is 5.84 Å². The van der Waals surface area contributed by atoms with Crippen LogP contribution in [0.3, 0.4) is 0 Å². The lowest BCUT2D eigenvalue weighted by atomic mass is 10.1. The number of halogens is 2. The molecule has 0 saturated carbocycles. The van der Waals surface area contributed by atoms with Gasteiger partial charge in [0.25, 0.3) is 0 Å². The Hall–Kier alpha value is -0.730. The standard InChI is InChI=1S/C12H16Cl2N2/c1-4-8(2)12(15-3)16-9-5-6-10(13)11(14)7-9/h5-8H,4H2,1-3H3,(H,15,16)/t8-/m0/s1. The molecule has 0 fully saturated rings. The van der Waals surface area contributed by atoms with Crippen LogP contribution in [0, 0.1) is 5.92 Å². The van der Waals surface area contributed by atoms with Crippen LogP contribution in [0.4, 0.5) is 5.69 Å². The summed E-state index contributed by atoms with van der Waals surface area (Å²) in [6.07, 6.45) is 1.04. The summed E-state index contributed by atoms with van der Waals surface area (Å²) >= 11 is 11.8. The van der Waals surface area contributed by atoms with Gasteiger partial charge in [-0.2, -0.15) is 0 Å². The second-order valence-corrected chi connectivity index (χ2v) is 4.49. The van der Waals surface area contributed by atoms with Crippen LogP contribution in [0.25, 0.3) is 0 Å². The van der Waals surface area contributed by atoms with Crippen LogP contribution in [0.1, 0.15) is 20.3 Å². The Labute approximate surface area is 107 Å². The molecule has 16 heavy (non-hydrogen) atoms. The van der Waals surface area contributed by atoms with Gasteiger partial charge < -0.3 is 5.32 Å². The second kappa shape index (κ2) is 6.12. The molecule has 1 aromatic carbocycles. The SMILES string of the molecule is CC[C@H](C)C(=NC)Nc1ccc(Cl)c(Cl)c1. The molecule has 88 valence electrons. The minimum absolute atomic E-state index is 0.402. The summed E-state index contributed by atoms with van der Waals surface area (Å²) < 4.78 is 0. The zero-order valence-corrected chi connectivity index (χ0v) is 11.2. The zero-order chi connectivity index (χ0) is 12.1. The van der Waals surface area contributed by atoms with E-state index >= 15 is 0 Å². The summed E-state index contributed by atoms with van der Waals surface area (Å²) in [5.74, 6) is 1.36. The van der Waals surface area contributed by atoms with Crippen molar-refractivity contribution >= 4 is 34.7 Å². The van der Waals surface area contributed by atoms with Gasteiger partial charge in [-0.25, -0.2) is 0 Å². The molecule has 0 unspecified atom stereocenters. The smallest absolute Gasteiger partial charge is 0.103 e. The van der Waals surface area contributed by atoms with Gasteiger partial charge in [0.2, 0.25) is 0 Å². The maximum Gasteiger partial charge on any atom is 0.103 e. The maximum absolute atomic E-state index is 5.94. The van der Waals surface area contributed by atoms with Crippen LogP contribution in [0.5, 0.6) is 0 Å². The van der Waals surface area contributed by atoms with Crippen LogP contribution in [0.15, 0.2) is 23.2 Å². The molecule has 0 aliphatic carbocycles. The first-order chi connectivity index (χ1) is 7.58. The molecular formula is C12H16Cl2N2. The fourth-order valence-electron chi connectivity index (χ4n) is 1.31. The van der Waals surface area contributed by atoms with Crippen molar-refractivity contribution < 1.29 is 0 Å². The highest BCUT2D eigenvalue weighted by Gasteiger charge is 2.08. The number of hydrogen-bond acceptors (Lipinski definition) is 1. The quantitative estimate of drug-likeness (QED) is 0.628. The maximum atomic E-state index is 5.94. The van der Waals surface area contributed by atoms with Gasteiger partial charge >= 0.3 is 0 Å². The number of hydrogen-bond donors (Lipinski definition) is 1. The highest BCUT2D eigenvalue weighted by Crippen LogP contribution is 2.25. The molecule has 0 heterocycles. The molecule has 1 rings (SSSR count). The van der Waals surface area contributed by atoms with Crippen molar-refractivity contribution in [3.8, 4) is 0 Å². The van der Waals surface area contributed by atoms with E-state index in [1.807, 2.05) is 6.07 Å². The van der Waals surface area contributed by atoms with Crippen LogP contribution in [-0.2, 0) is 0 Å². The van der Waals surface area contributed by atoms with Crippen LogP contribution < -0.4 is 5.32 Å². The van der Waals surface area contributed by atoms with Crippen molar-refractivity contribution in [2.75, 3.05) is 12.4 Å². The molecule has 0 spiro atoms. The molecule has 1 aromatic rings. The van der Waals surface area contributed by atoms with Crippen LogP contribution in [0.2, 0.25) is 10.0 Å². The molecule has 0 aliphatic rings. The lowest BCUT2D eigenvalue weighted by Crippen LogP contribution is -2.20. The molecule has 0 amide bonds. The topological polar surface area (TPSA) is 24.4 Å². The van der Waals surface area contributed by atoms with Gasteiger partial charge in [-0.15, -0.1) is 0 Å². The summed E-state index contributed by atoms with van der Waals surface area (Å²) in [5.41, 5.74) is 0.912. The monoisotopic (exact) mass is 258 g/mol. The van der Waals surface area contributed by atoms with Gasteiger partial charge in [0.15, 0.2) is 0 Å². The van der Waals surface area contributed by atoms with E-state index in [0.29, 0.717) is 16.0 Å². The molecule has 1 atom stereocenters. The molecule has 2 nitrogen and oxygen atoms in total. The van der Waals surface area contributed by atoms with Crippen LogP contribution >= 0.6 is 23.2 Å². The van der Waals surface area contributed by atoms with E-state index in [9.17, 15) is 0 Å². The number of benzene rings is 1. The van der Waals surface area contributed by atoms with Gasteiger partial charge in [-0.3, -0.25) is 4.99 Å². The summed E-state index contributed by atoms with van der Waals surface area (Å²) in [6, 6.07) is 5.47. The third-order valence-corrected chi connectivity index (χ3v) is 3.25. The first kappa shape index (κ1) is 13.3. The number of aliphatic imine (C=N–C) groups is 1. The Morgan fingerprint density at radius 3 is 2.56 bits per heavy atom. The summed E-state index contributed by atoms with van der Waals surface area (Å²) in [5, 5.41) is 4.36. The first-order valence-electron chi connectivity index (χ1n) is 5.27. The van der Waals surface area contributed by atoms with E-state index < -0.39 is 0 Å². The van der Waals surface area contributed by atoms with E-state index in [4.69, 9.17) is 23.2 Å². The summed E-state index contributed by atoms with van der Waals surface area (Å²) in [7, 11) is 1.78. The number of anilines is 1. The van der Waals surface area contributed by atoms with Crippen molar-refractivity contribution in [2.45, 2.75) is 20.3 Å². The van der Waals surface area contributed by atoms with E-state index in [1.165, 1.54) is 0 Å². The minimum atomic E-state index is 0.402. The largest absolute Gasteiger partial charge is 0.344 e. The van der Waals surface area contributed by atoms with E-state index in [-0.39, 0.29) is 0 Å². The average Bonchev–Trinajstić information content (AvgIpc) is 2.29. The zero-order valence-electron chi connectivity index (χ0n) is 9.72. The lowest BCUT2D eigenvalue weighted by molar-refractivity contribution is 0.736. The minimum Gasteiger partial charge on any atom is -0.344 e. The molecule has 4 heteroatoms. The van der Waals surface area contributed by atoms with E-state index in [0.717, 1.165) is 17.9 Å². The van der Waals surface area contributed by atoms with Gasteiger partial charge in [-0.05, 0) is 24.6 Å². The second-order valence-electron chi connectivity index (χ2n) is 3.67. The average molecular weight is 259 g/mol. The van der Waals surface area contributed by atoms with Crippen LogP contribution in [-0.4, -0.2) is 12.9 Å². The molecule has 1 N–H and O–H groups in total. The predicted molar refractivity (Wildman–Crippen MR) is 72.9 cm³/mol. The third-order valence-electron chi connectivity index (χ3n) is 2.51. The summed E-state index contributed by atoms with van der Waals surface area (Å²) in [6.45, 7) is 4.26. The van der Waals surface area contributed by atoms with Crippen molar-refractivity contribution in [1.29, 1.82) is 0 Å². The molecule has 0 saturated heterocycles. The van der Waals surface area contributed by atoms with Crippen molar-refractivity contribution in [3.63, 3.8) is 0 Å². The van der Waals surface area contributed by atoms with Gasteiger partial charge in [-0.1, -0.05) is 37.0 Å². The number of nitrogens with zero attached hydrogens (tertiary/aromatic N) is 1. The lowest BCUT2D eigenvalue weighted by Gasteiger charge is -2.15. The Bertz CT molecular complexity index is 389. The number of rotatable bonds is 3. The highest BCUT2D eigenvalue weighted by molar-refractivity contribution is 6.42. The Balaban J connectivity index is 2.83. The Morgan fingerprint density at radius 2 is 2.06 bits per heavy atom. The van der Waals surface area contributed by atoms with Gasteiger partial charge in [0, 0.05) is 18.7 Å². The summed E-state index contributed by atoms with van der Waals surface area (Å²) in [4.78, 5) is 4.24. The highest BCUT2D eigenvalue weighted by atomic mass is 35.5. The van der Waals surface area contributed by atoms with Crippen molar-refractivity contribution in [3.05, 3.63) is 28.2 Å². The third kappa shape index (κ3) is 3.39. The fourth-order valence-corrected chi connectivity index (χ4v) is 1.61. The number of amidine groups is 1. The van der Waals surface area contributed by atoms with Gasteiger partial charge in [0.05, 0.1) is 10.0 Å². The van der Waals surface area contributed by atoms with E-state index in [1.54, 1.807) is 19.2 Å². The molecule has 0 bridgehead atoms. The molecule has 0 aromatic heterocycles. The molecule has 0 aliphatic heterocycles. The fraction of sp³-hybridized carbons (Fsp3) is 0.417. The normalized spacial score (nSPS) is 13.7. The van der Waals surface area contributed by atoms with Crippen molar-refractivity contribution in [1.82, 2.24) is 0 Å². The first-order valence-corrected chi connectivity index (χ1v) is 6.02. The van der Waals surface area contributed by atoms with Crippen molar-refractivity contribution in [2.24, 2.45) is 10.9 Å². The molecule has 0 radical (unpaired) electrons.